The number of nitrogens with zero attached hydrogens (tertiary/aromatic N) is 4. The molecule has 3 rings (SSSR count). The molecule has 1 saturated heterocycles. The van der Waals surface area contributed by atoms with Crippen LogP contribution < -0.4 is 5.32 Å². The van der Waals surface area contributed by atoms with Crippen LogP contribution >= 0.6 is 0 Å². The third-order valence-electron chi connectivity index (χ3n) is 4.88. The zero-order valence-corrected chi connectivity index (χ0v) is 16.9. The SMILES string of the molecule is CC(=O)N1CCN(C(=O)c2cnc(Nc3ccccc3C(C)(C)C)cn2)CC1. The Morgan fingerprint density at radius 1 is 0.964 bits per heavy atom. The number of benzene rings is 1. The van der Waals surface area contributed by atoms with Crippen LogP contribution in [0.2, 0.25) is 0 Å². The van der Waals surface area contributed by atoms with Crippen LogP contribution in [0.1, 0.15) is 43.7 Å². The Morgan fingerprint density at radius 2 is 1.61 bits per heavy atom. The molecule has 0 spiro atoms. The summed E-state index contributed by atoms with van der Waals surface area (Å²) >= 11 is 0. The van der Waals surface area contributed by atoms with Gasteiger partial charge >= 0.3 is 0 Å². The second-order valence-electron chi connectivity index (χ2n) is 8.01. The number of amides is 2. The highest BCUT2D eigenvalue weighted by Gasteiger charge is 2.24. The molecule has 0 saturated carbocycles. The van der Waals surface area contributed by atoms with E-state index in [2.05, 4.69) is 42.1 Å². The van der Waals surface area contributed by atoms with Gasteiger partial charge in [0, 0.05) is 38.8 Å². The molecule has 1 fully saturated rings. The lowest BCUT2D eigenvalue weighted by molar-refractivity contribution is -0.130. The molecule has 2 aromatic rings. The third kappa shape index (κ3) is 4.47. The van der Waals surface area contributed by atoms with E-state index in [4.69, 9.17) is 0 Å². The van der Waals surface area contributed by atoms with Crippen molar-refractivity contribution in [2.75, 3.05) is 31.5 Å². The number of carbonyl (C=O) groups excluding carboxylic acids is 2. The second kappa shape index (κ2) is 7.96. The van der Waals surface area contributed by atoms with Gasteiger partial charge in [-0.05, 0) is 17.0 Å². The van der Waals surface area contributed by atoms with Crippen molar-refractivity contribution in [3.8, 4) is 0 Å². The molecular weight excluding hydrogens is 354 g/mol. The number of anilines is 2. The molecule has 0 bridgehead atoms. The highest BCUT2D eigenvalue weighted by atomic mass is 16.2. The Bertz CT molecular complexity index is 850. The maximum Gasteiger partial charge on any atom is 0.274 e. The molecule has 1 N–H and O–H groups in total. The minimum absolute atomic E-state index is 0.00501. The van der Waals surface area contributed by atoms with Crippen molar-refractivity contribution < 1.29 is 9.59 Å². The predicted molar refractivity (Wildman–Crippen MR) is 109 cm³/mol. The molecule has 1 aliphatic rings. The summed E-state index contributed by atoms with van der Waals surface area (Å²) < 4.78 is 0. The first kappa shape index (κ1) is 19.8. The number of hydrogen-bond donors (Lipinski definition) is 1. The summed E-state index contributed by atoms with van der Waals surface area (Å²) in [6.07, 6.45) is 3.08. The van der Waals surface area contributed by atoms with Gasteiger partial charge in [0.2, 0.25) is 5.91 Å². The van der Waals surface area contributed by atoms with Gasteiger partial charge in [-0.2, -0.15) is 0 Å². The molecule has 28 heavy (non-hydrogen) atoms. The number of piperazine rings is 1. The smallest absolute Gasteiger partial charge is 0.274 e. The number of para-hydroxylation sites is 1. The summed E-state index contributed by atoms with van der Waals surface area (Å²) in [5.74, 6) is 0.477. The van der Waals surface area contributed by atoms with Gasteiger partial charge in [0.25, 0.3) is 5.91 Å². The largest absolute Gasteiger partial charge is 0.339 e. The van der Waals surface area contributed by atoms with Crippen molar-refractivity contribution in [3.05, 3.63) is 47.9 Å². The van der Waals surface area contributed by atoms with E-state index in [1.165, 1.54) is 11.8 Å². The van der Waals surface area contributed by atoms with Crippen LogP contribution in [0.5, 0.6) is 0 Å². The standard InChI is InChI=1S/C21H27N5O2/c1-15(27)25-9-11-26(12-10-25)20(28)18-13-23-19(14-22-18)24-17-8-6-5-7-16(17)21(2,3)4/h5-8,13-14H,9-12H2,1-4H3,(H,23,24). The van der Waals surface area contributed by atoms with E-state index in [1.807, 2.05) is 18.2 Å². The monoisotopic (exact) mass is 381 g/mol. The molecule has 1 aliphatic heterocycles. The van der Waals surface area contributed by atoms with Gasteiger partial charge in [0.15, 0.2) is 0 Å². The normalized spacial score (nSPS) is 14.7. The van der Waals surface area contributed by atoms with Gasteiger partial charge in [-0.15, -0.1) is 0 Å². The van der Waals surface area contributed by atoms with Crippen molar-refractivity contribution in [1.82, 2.24) is 19.8 Å². The van der Waals surface area contributed by atoms with Crippen LogP contribution in [0.15, 0.2) is 36.7 Å². The lowest BCUT2D eigenvalue weighted by Crippen LogP contribution is -2.50. The second-order valence-corrected chi connectivity index (χ2v) is 8.01. The van der Waals surface area contributed by atoms with E-state index in [0.717, 1.165) is 5.69 Å². The van der Waals surface area contributed by atoms with E-state index in [1.54, 1.807) is 22.9 Å². The summed E-state index contributed by atoms with van der Waals surface area (Å²) in [7, 11) is 0. The lowest BCUT2D eigenvalue weighted by Gasteiger charge is -2.33. The molecule has 2 amide bonds. The summed E-state index contributed by atoms with van der Waals surface area (Å²) in [5.41, 5.74) is 2.46. The first-order chi connectivity index (χ1) is 13.3. The van der Waals surface area contributed by atoms with Crippen molar-refractivity contribution in [1.29, 1.82) is 0 Å². The molecule has 0 unspecified atom stereocenters. The van der Waals surface area contributed by atoms with Crippen molar-refractivity contribution in [2.45, 2.75) is 33.1 Å². The lowest BCUT2D eigenvalue weighted by atomic mass is 9.86. The first-order valence-corrected chi connectivity index (χ1v) is 9.49. The minimum Gasteiger partial charge on any atom is -0.339 e. The average Bonchev–Trinajstić information content (AvgIpc) is 2.68. The van der Waals surface area contributed by atoms with Gasteiger partial charge < -0.3 is 15.1 Å². The maximum absolute atomic E-state index is 12.6. The quantitative estimate of drug-likeness (QED) is 0.884. The Balaban J connectivity index is 1.68. The van der Waals surface area contributed by atoms with E-state index in [-0.39, 0.29) is 17.2 Å². The zero-order valence-electron chi connectivity index (χ0n) is 16.9. The Labute approximate surface area is 165 Å². The van der Waals surface area contributed by atoms with Crippen LogP contribution in [0.4, 0.5) is 11.5 Å². The van der Waals surface area contributed by atoms with E-state index < -0.39 is 0 Å². The summed E-state index contributed by atoms with van der Waals surface area (Å²) in [5, 5.41) is 3.30. The number of hydrogen-bond acceptors (Lipinski definition) is 5. The van der Waals surface area contributed by atoms with Crippen LogP contribution in [0, 0.1) is 0 Å². The molecule has 1 aromatic heterocycles. The minimum atomic E-state index is -0.155. The highest BCUT2D eigenvalue weighted by molar-refractivity contribution is 5.92. The number of rotatable bonds is 3. The van der Waals surface area contributed by atoms with Crippen molar-refractivity contribution >= 4 is 23.3 Å². The zero-order chi connectivity index (χ0) is 20.3. The van der Waals surface area contributed by atoms with Gasteiger partial charge in [0.05, 0.1) is 12.4 Å². The van der Waals surface area contributed by atoms with Crippen LogP contribution in [0.3, 0.4) is 0 Å². The number of aromatic nitrogens is 2. The fourth-order valence-electron chi connectivity index (χ4n) is 3.27. The van der Waals surface area contributed by atoms with Crippen LogP contribution in [-0.2, 0) is 10.2 Å². The van der Waals surface area contributed by atoms with Crippen LogP contribution in [-0.4, -0.2) is 57.8 Å². The van der Waals surface area contributed by atoms with E-state index >= 15 is 0 Å². The number of carbonyl (C=O) groups is 2. The Morgan fingerprint density at radius 3 is 2.18 bits per heavy atom. The maximum atomic E-state index is 12.6. The van der Waals surface area contributed by atoms with Gasteiger partial charge in [0.1, 0.15) is 11.5 Å². The van der Waals surface area contributed by atoms with E-state index in [0.29, 0.717) is 37.7 Å². The molecule has 7 nitrogen and oxygen atoms in total. The van der Waals surface area contributed by atoms with Gasteiger partial charge in [-0.1, -0.05) is 39.0 Å². The predicted octanol–water partition coefficient (Wildman–Crippen LogP) is 2.82. The molecule has 0 aliphatic carbocycles. The molecular formula is C21H27N5O2. The Kier molecular flexibility index (Phi) is 5.63. The molecule has 0 radical (unpaired) electrons. The van der Waals surface area contributed by atoms with Gasteiger partial charge in [-0.3, -0.25) is 9.59 Å². The summed E-state index contributed by atoms with van der Waals surface area (Å²) in [4.78, 5) is 36.2. The third-order valence-corrected chi connectivity index (χ3v) is 4.88. The molecule has 0 atom stereocenters. The Hall–Kier alpha value is -2.96. The average molecular weight is 381 g/mol. The van der Waals surface area contributed by atoms with Crippen molar-refractivity contribution in [3.63, 3.8) is 0 Å². The number of nitrogens with one attached hydrogen (secondary N) is 1. The fraction of sp³-hybridized carbons (Fsp3) is 0.429. The van der Waals surface area contributed by atoms with Crippen molar-refractivity contribution in [2.24, 2.45) is 0 Å². The van der Waals surface area contributed by atoms with E-state index in [9.17, 15) is 9.59 Å². The molecule has 148 valence electrons. The highest BCUT2D eigenvalue weighted by Crippen LogP contribution is 2.30. The van der Waals surface area contributed by atoms with Crippen LogP contribution in [0.25, 0.3) is 0 Å². The topological polar surface area (TPSA) is 78.4 Å². The fourth-order valence-corrected chi connectivity index (χ4v) is 3.27. The summed E-state index contributed by atoms with van der Waals surface area (Å²) in [6.45, 7) is 10.2. The molecule has 2 heterocycles. The molecule has 1 aromatic carbocycles. The summed E-state index contributed by atoms with van der Waals surface area (Å²) in [6, 6.07) is 8.10. The first-order valence-electron chi connectivity index (χ1n) is 9.49. The van der Waals surface area contributed by atoms with Gasteiger partial charge in [-0.25, -0.2) is 9.97 Å². The molecule has 7 heteroatoms.